The normalized spacial score (nSPS) is 15.2. The number of halogens is 1. The highest BCUT2D eigenvalue weighted by molar-refractivity contribution is 7.80. The van der Waals surface area contributed by atoms with Crippen LogP contribution in [-0.2, 0) is 16.0 Å². The standard InChI is InChI=1S/C17H24ClN3O2S/c1-2-23-16(22)13-20-9-11-21(12-10-20)17(24)19-8-7-14-3-5-15(18)6-4-14/h3-6H,2,7-13H2,1H3,(H,19,24). The lowest BCUT2D eigenvalue weighted by Crippen LogP contribution is -2.52. The number of rotatable bonds is 6. The van der Waals surface area contributed by atoms with E-state index in [1.165, 1.54) is 5.56 Å². The number of carbonyl (C=O) groups excluding carboxylic acids is 1. The first-order valence-corrected chi connectivity index (χ1v) is 9.02. The van der Waals surface area contributed by atoms with Crippen molar-refractivity contribution in [3.8, 4) is 0 Å². The van der Waals surface area contributed by atoms with Gasteiger partial charge in [0.2, 0.25) is 0 Å². The first-order chi connectivity index (χ1) is 11.6. The summed E-state index contributed by atoms with van der Waals surface area (Å²) in [6, 6.07) is 7.86. The molecule has 1 N–H and O–H groups in total. The van der Waals surface area contributed by atoms with Crippen molar-refractivity contribution in [1.29, 1.82) is 0 Å². The number of ether oxygens (including phenoxy) is 1. The van der Waals surface area contributed by atoms with Gasteiger partial charge in [0.1, 0.15) is 0 Å². The molecule has 7 heteroatoms. The molecule has 0 aromatic heterocycles. The third kappa shape index (κ3) is 6.26. The van der Waals surface area contributed by atoms with Gasteiger partial charge in [-0.1, -0.05) is 23.7 Å². The van der Waals surface area contributed by atoms with Crippen LogP contribution in [0.4, 0.5) is 0 Å². The van der Waals surface area contributed by atoms with Crippen LogP contribution in [0.1, 0.15) is 12.5 Å². The lowest BCUT2D eigenvalue weighted by atomic mass is 10.1. The van der Waals surface area contributed by atoms with E-state index in [1.807, 2.05) is 31.2 Å². The molecule has 0 amide bonds. The molecular formula is C17H24ClN3O2S. The molecule has 132 valence electrons. The van der Waals surface area contributed by atoms with Crippen molar-refractivity contribution in [2.45, 2.75) is 13.3 Å². The van der Waals surface area contributed by atoms with Crippen LogP contribution in [0.15, 0.2) is 24.3 Å². The molecule has 0 bridgehead atoms. The topological polar surface area (TPSA) is 44.8 Å². The average molecular weight is 370 g/mol. The molecule has 0 spiro atoms. The molecule has 2 rings (SSSR count). The summed E-state index contributed by atoms with van der Waals surface area (Å²) in [5.41, 5.74) is 1.23. The van der Waals surface area contributed by atoms with Gasteiger partial charge in [0.05, 0.1) is 13.2 Å². The predicted octanol–water partition coefficient (Wildman–Crippen LogP) is 1.94. The molecule has 1 heterocycles. The van der Waals surface area contributed by atoms with Gasteiger partial charge in [-0.3, -0.25) is 9.69 Å². The number of esters is 1. The summed E-state index contributed by atoms with van der Waals surface area (Å²) in [4.78, 5) is 15.8. The van der Waals surface area contributed by atoms with Gasteiger partial charge in [-0.05, 0) is 43.3 Å². The van der Waals surface area contributed by atoms with Crippen molar-refractivity contribution >= 4 is 34.9 Å². The fraction of sp³-hybridized carbons (Fsp3) is 0.529. The van der Waals surface area contributed by atoms with Crippen LogP contribution >= 0.6 is 23.8 Å². The molecule has 0 radical (unpaired) electrons. The van der Waals surface area contributed by atoms with Crippen LogP contribution in [0, 0.1) is 0 Å². The molecule has 1 saturated heterocycles. The summed E-state index contributed by atoms with van der Waals surface area (Å²) in [6.07, 6.45) is 0.903. The van der Waals surface area contributed by atoms with Crippen LogP contribution in [0.3, 0.4) is 0 Å². The zero-order valence-corrected chi connectivity index (χ0v) is 15.5. The van der Waals surface area contributed by atoms with Crippen LogP contribution in [0.5, 0.6) is 0 Å². The monoisotopic (exact) mass is 369 g/mol. The van der Waals surface area contributed by atoms with Crippen molar-refractivity contribution in [2.24, 2.45) is 0 Å². The molecular weight excluding hydrogens is 346 g/mol. The summed E-state index contributed by atoms with van der Waals surface area (Å²) < 4.78 is 4.98. The molecule has 0 saturated carbocycles. The van der Waals surface area contributed by atoms with Crippen molar-refractivity contribution < 1.29 is 9.53 Å². The zero-order valence-electron chi connectivity index (χ0n) is 14.0. The minimum atomic E-state index is -0.158. The summed E-state index contributed by atoms with van der Waals surface area (Å²) in [7, 11) is 0. The van der Waals surface area contributed by atoms with E-state index >= 15 is 0 Å². The maximum absolute atomic E-state index is 11.5. The number of nitrogens with zero attached hydrogens (tertiary/aromatic N) is 2. The Morgan fingerprint density at radius 3 is 2.54 bits per heavy atom. The van der Waals surface area contributed by atoms with Crippen LogP contribution in [0.2, 0.25) is 5.02 Å². The first kappa shape index (κ1) is 19.0. The Morgan fingerprint density at radius 1 is 1.25 bits per heavy atom. The van der Waals surface area contributed by atoms with Gasteiger partial charge in [0, 0.05) is 37.7 Å². The van der Waals surface area contributed by atoms with Crippen LogP contribution in [0.25, 0.3) is 0 Å². The van der Waals surface area contributed by atoms with E-state index in [2.05, 4.69) is 15.1 Å². The van der Waals surface area contributed by atoms with Crippen molar-refractivity contribution in [3.05, 3.63) is 34.9 Å². The van der Waals surface area contributed by atoms with Gasteiger partial charge in [-0.15, -0.1) is 0 Å². The lowest BCUT2D eigenvalue weighted by molar-refractivity contribution is -0.144. The van der Waals surface area contributed by atoms with Gasteiger partial charge in [0.15, 0.2) is 5.11 Å². The Kier molecular flexibility index (Phi) is 7.75. The van der Waals surface area contributed by atoms with Crippen LogP contribution in [-0.4, -0.2) is 66.8 Å². The number of benzene rings is 1. The minimum Gasteiger partial charge on any atom is -0.465 e. The second-order valence-electron chi connectivity index (χ2n) is 5.68. The summed E-state index contributed by atoms with van der Waals surface area (Å²) >= 11 is 11.3. The molecule has 0 aliphatic carbocycles. The molecule has 24 heavy (non-hydrogen) atoms. The number of thiocarbonyl (C=S) groups is 1. The van der Waals surface area contributed by atoms with Gasteiger partial charge >= 0.3 is 5.97 Å². The molecule has 0 unspecified atom stereocenters. The van der Waals surface area contributed by atoms with E-state index in [9.17, 15) is 4.79 Å². The van der Waals surface area contributed by atoms with Crippen molar-refractivity contribution in [1.82, 2.24) is 15.1 Å². The van der Waals surface area contributed by atoms with E-state index in [-0.39, 0.29) is 5.97 Å². The molecule has 1 aromatic carbocycles. The maximum Gasteiger partial charge on any atom is 0.320 e. The lowest BCUT2D eigenvalue weighted by Gasteiger charge is -2.35. The summed E-state index contributed by atoms with van der Waals surface area (Å²) in [5.74, 6) is -0.158. The number of piperazine rings is 1. The third-order valence-corrected chi connectivity index (χ3v) is 4.58. The summed E-state index contributed by atoms with van der Waals surface area (Å²) in [6.45, 7) is 6.69. The highest BCUT2D eigenvalue weighted by Gasteiger charge is 2.20. The zero-order chi connectivity index (χ0) is 17.4. The van der Waals surface area contributed by atoms with E-state index in [4.69, 9.17) is 28.6 Å². The molecule has 1 fully saturated rings. The van der Waals surface area contributed by atoms with E-state index in [0.717, 1.165) is 49.3 Å². The maximum atomic E-state index is 11.5. The molecule has 5 nitrogen and oxygen atoms in total. The Morgan fingerprint density at radius 2 is 1.92 bits per heavy atom. The number of hydrogen-bond acceptors (Lipinski definition) is 4. The Hall–Kier alpha value is -1.37. The smallest absolute Gasteiger partial charge is 0.320 e. The quantitative estimate of drug-likeness (QED) is 0.610. The van der Waals surface area contributed by atoms with Crippen LogP contribution < -0.4 is 5.32 Å². The van der Waals surface area contributed by atoms with Gasteiger partial charge in [-0.25, -0.2) is 0 Å². The van der Waals surface area contributed by atoms with Gasteiger partial charge < -0.3 is 15.0 Å². The highest BCUT2D eigenvalue weighted by Crippen LogP contribution is 2.09. The second kappa shape index (κ2) is 9.81. The molecule has 1 aromatic rings. The number of hydrogen-bond donors (Lipinski definition) is 1. The highest BCUT2D eigenvalue weighted by atomic mass is 35.5. The Labute approximate surface area is 153 Å². The van der Waals surface area contributed by atoms with Gasteiger partial charge in [0.25, 0.3) is 0 Å². The average Bonchev–Trinajstić information content (AvgIpc) is 2.57. The SMILES string of the molecule is CCOC(=O)CN1CCN(C(=S)NCCc2ccc(Cl)cc2)CC1. The predicted molar refractivity (Wildman–Crippen MR) is 100 cm³/mol. The summed E-state index contributed by atoms with van der Waals surface area (Å²) in [5, 5.41) is 4.84. The first-order valence-electron chi connectivity index (χ1n) is 8.23. The van der Waals surface area contributed by atoms with E-state index in [0.29, 0.717) is 13.2 Å². The van der Waals surface area contributed by atoms with Crippen molar-refractivity contribution in [2.75, 3.05) is 45.9 Å². The molecule has 0 atom stereocenters. The minimum absolute atomic E-state index is 0.158. The molecule has 1 aliphatic rings. The third-order valence-electron chi connectivity index (χ3n) is 3.92. The Balaban J connectivity index is 1.65. The second-order valence-corrected chi connectivity index (χ2v) is 6.50. The fourth-order valence-electron chi connectivity index (χ4n) is 2.57. The van der Waals surface area contributed by atoms with E-state index < -0.39 is 0 Å². The van der Waals surface area contributed by atoms with Gasteiger partial charge in [-0.2, -0.15) is 0 Å². The fourth-order valence-corrected chi connectivity index (χ4v) is 2.99. The Bertz CT molecular complexity index is 545. The molecule has 1 aliphatic heterocycles. The van der Waals surface area contributed by atoms with Crippen molar-refractivity contribution in [3.63, 3.8) is 0 Å². The number of nitrogens with one attached hydrogen (secondary N) is 1. The van der Waals surface area contributed by atoms with E-state index in [1.54, 1.807) is 0 Å². The largest absolute Gasteiger partial charge is 0.465 e. The number of carbonyl (C=O) groups is 1.